The highest BCUT2D eigenvalue weighted by atomic mass is 16.2. The maximum absolute atomic E-state index is 12.9. The van der Waals surface area contributed by atoms with Gasteiger partial charge in [0.05, 0.1) is 10.9 Å². The Balaban J connectivity index is 2.17. The molecule has 0 spiro atoms. The number of fused-ring (bicyclic) bond motifs is 1. The van der Waals surface area contributed by atoms with Crippen molar-refractivity contribution in [2.45, 2.75) is 33.4 Å². The second kappa shape index (κ2) is 6.95. The van der Waals surface area contributed by atoms with Crippen LogP contribution >= 0.6 is 0 Å². The molecule has 0 fully saturated rings. The first kappa shape index (κ1) is 17.6. The fourth-order valence-corrected chi connectivity index (χ4v) is 2.79. The van der Waals surface area contributed by atoms with Crippen LogP contribution in [0, 0.1) is 0 Å². The lowest BCUT2D eigenvalue weighted by Crippen LogP contribution is -2.34. The van der Waals surface area contributed by atoms with Crippen molar-refractivity contribution in [2.75, 3.05) is 0 Å². The Hall–Kier alpha value is -3.22. The monoisotopic (exact) mass is 352 g/mol. The van der Waals surface area contributed by atoms with Crippen molar-refractivity contribution in [1.82, 2.24) is 14.1 Å². The molecule has 7 heteroatoms. The molecule has 0 saturated heterocycles. The molecule has 134 valence electrons. The molecule has 1 N–H and O–H groups in total. The number of rotatable bonds is 3. The maximum atomic E-state index is 12.9. The van der Waals surface area contributed by atoms with E-state index in [2.05, 4.69) is 9.98 Å². The maximum Gasteiger partial charge on any atom is 0.328 e. The minimum atomic E-state index is -0.488. The lowest BCUT2D eigenvalue weighted by molar-refractivity contribution is 0.0954. The van der Waals surface area contributed by atoms with E-state index in [9.17, 15) is 14.4 Å². The Kier molecular flexibility index (Phi) is 4.71. The number of carbonyl (C=O) groups is 1. The van der Waals surface area contributed by atoms with E-state index in [-0.39, 0.29) is 24.1 Å². The van der Waals surface area contributed by atoms with Crippen molar-refractivity contribution in [3.8, 4) is 0 Å². The van der Waals surface area contributed by atoms with Crippen molar-refractivity contribution >= 4 is 16.8 Å². The fourth-order valence-electron chi connectivity index (χ4n) is 2.79. The molecule has 1 aromatic carbocycles. The van der Waals surface area contributed by atoms with Crippen LogP contribution in [0.3, 0.4) is 0 Å². The van der Waals surface area contributed by atoms with Gasteiger partial charge in [0.15, 0.2) is 0 Å². The normalized spacial score (nSPS) is 12.1. The first-order chi connectivity index (χ1) is 12.4. The molecule has 0 saturated carbocycles. The standard InChI is InChI=1S/C19H20N4O3/c1-4-22-18(25)14-9-8-13(11-15(14)21-19(22)26)17(24)23-10-6-5-7-16(23)20-12(2)3/h5-12H,4H2,1-3H3,(H,21,26). The largest absolute Gasteiger partial charge is 0.328 e. The molecule has 0 aliphatic rings. The Bertz CT molecular complexity index is 1170. The first-order valence-electron chi connectivity index (χ1n) is 8.45. The number of H-pyrrole nitrogens is 1. The quantitative estimate of drug-likeness (QED) is 0.775. The minimum Gasteiger partial charge on any atom is -0.307 e. The number of benzene rings is 1. The average Bonchev–Trinajstić information content (AvgIpc) is 2.61. The number of hydrogen-bond acceptors (Lipinski definition) is 4. The molecule has 26 heavy (non-hydrogen) atoms. The minimum absolute atomic E-state index is 0.0388. The number of aromatic nitrogens is 3. The van der Waals surface area contributed by atoms with Crippen LogP contribution in [0.25, 0.3) is 10.9 Å². The summed E-state index contributed by atoms with van der Waals surface area (Å²) < 4.78 is 2.57. The topological polar surface area (TPSA) is 89.2 Å². The Morgan fingerprint density at radius 1 is 1.19 bits per heavy atom. The van der Waals surface area contributed by atoms with Gasteiger partial charge < -0.3 is 4.98 Å². The molecule has 0 amide bonds. The van der Waals surface area contributed by atoms with E-state index in [0.29, 0.717) is 22.0 Å². The molecule has 0 unspecified atom stereocenters. The van der Waals surface area contributed by atoms with Crippen LogP contribution in [0.4, 0.5) is 0 Å². The van der Waals surface area contributed by atoms with Crippen LogP contribution in [-0.4, -0.2) is 26.1 Å². The highest BCUT2D eigenvalue weighted by molar-refractivity contribution is 5.98. The van der Waals surface area contributed by atoms with Crippen LogP contribution in [-0.2, 0) is 6.54 Å². The smallest absolute Gasteiger partial charge is 0.307 e. The summed E-state index contributed by atoms with van der Waals surface area (Å²) in [5.41, 5.74) is 0.390. The third kappa shape index (κ3) is 3.15. The highest BCUT2D eigenvalue weighted by Crippen LogP contribution is 2.10. The molecule has 0 aliphatic carbocycles. The Labute approximate surface area is 149 Å². The molecule has 0 atom stereocenters. The van der Waals surface area contributed by atoms with Gasteiger partial charge in [-0.05, 0) is 51.1 Å². The molecule has 3 rings (SSSR count). The van der Waals surface area contributed by atoms with Gasteiger partial charge in [0.25, 0.3) is 11.5 Å². The summed E-state index contributed by atoms with van der Waals surface area (Å²) in [6.45, 7) is 5.87. The van der Waals surface area contributed by atoms with Gasteiger partial charge in [-0.2, -0.15) is 0 Å². The third-order valence-corrected chi connectivity index (χ3v) is 3.99. The zero-order chi connectivity index (χ0) is 18.8. The molecule has 3 aromatic rings. The first-order valence-corrected chi connectivity index (χ1v) is 8.45. The number of hydrogen-bond donors (Lipinski definition) is 1. The number of nitrogens with zero attached hydrogens (tertiary/aromatic N) is 3. The van der Waals surface area contributed by atoms with Crippen LogP contribution in [0.15, 0.2) is 57.2 Å². The van der Waals surface area contributed by atoms with E-state index in [1.54, 1.807) is 37.4 Å². The molecular formula is C19H20N4O3. The van der Waals surface area contributed by atoms with E-state index in [0.717, 1.165) is 4.57 Å². The van der Waals surface area contributed by atoms with E-state index in [4.69, 9.17) is 0 Å². The molecule has 2 aromatic heterocycles. The summed E-state index contributed by atoms with van der Waals surface area (Å²) >= 11 is 0. The number of pyridine rings is 1. The summed E-state index contributed by atoms with van der Waals surface area (Å²) in [6.07, 6.45) is 1.64. The van der Waals surface area contributed by atoms with Crippen molar-refractivity contribution < 1.29 is 4.79 Å². The van der Waals surface area contributed by atoms with Gasteiger partial charge in [0.2, 0.25) is 0 Å². The summed E-state index contributed by atoms with van der Waals surface area (Å²) in [5, 5.41) is 0.369. The SMILES string of the molecule is CCn1c(=O)[nH]c2cc(C(=O)n3ccccc3=NC(C)C)ccc2c1=O. The van der Waals surface area contributed by atoms with Crippen molar-refractivity contribution in [2.24, 2.45) is 4.99 Å². The predicted molar refractivity (Wildman–Crippen MR) is 99.4 cm³/mol. The van der Waals surface area contributed by atoms with Crippen LogP contribution < -0.4 is 16.7 Å². The Morgan fingerprint density at radius 2 is 1.96 bits per heavy atom. The van der Waals surface area contributed by atoms with Crippen molar-refractivity contribution in [1.29, 1.82) is 0 Å². The van der Waals surface area contributed by atoms with Crippen LogP contribution in [0.1, 0.15) is 31.1 Å². The summed E-state index contributed by atoms with van der Waals surface area (Å²) in [4.78, 5) is 44.4. The lowest BCUT2D eigenvalue weighted by Gasteiger charge is -2.09. The highest BCUT2D eigenvalue weighted by Gasteiger charge is 2.12. The van der Waals surface area contributed by atoms with Gasteiger partial charge in [-0.15, -0.1) is 0 Å². The fraction of sp³-hybridized carbons (Fsp3) is 0.263. The van der Waals surface area contributed by atoms with E-state index >= 15 is 0 Å². The van der Waals surface area contributed by atoms with E-state index in [1.165, 1.54) is 10.6 Å². The number of aromatic amines is 1. The predicted octanol–water partition coefficient (Wildman–Crippen LogP) is 1.51. The van der Waals surface area contributed by atoms with Gasteiger partial charge in [0, 0.05) is 24.3 Å². The van der Waals surface area contributed by atoms with Gasteiger partial charge in [-0.1, -0.05) is 6.07 Å². The van der Waals surface area contributed by atoms with E-state index < -0.39 is 5.69 Å². The molecular weight excluding hydrogens is 332 g/mol. The van der Waals surface area contributed by atoms with Crippen molar-refractivity contribution in [3.63, 3.8) is 0 Å². The lowest BCUT2D eigenvalue weighted by atomic mass is 10.1. The number of carbonyl (C=O) groups excluding carboxylic acids is 1. The zero-order valence-electron chi connectivity index (χ0n) is 14.9. The second-order valence-electron chi connectivity index (χ2n) is 6.20. The van der Waals surface area contributed by atoms with Gasteiger partial charge in [-0.25, -0.2) is 4.79 Å². The average molecular weight is 352 g/mol. The van der Waals surface area contributed by atoms with Crippen LogP contribution in [0.5, 0.6) is 0 Å². The van der Waals surface area contributed by atoms with Crippen molar-refractivity contribution in [3.05, 3.63) is 74.5 Å². The Morgan fingerprint density at radius 3 is 2.65 bits per heavy atom. The van der Waals surface area contributed by atoms with Gasteiger partial charge in [-0.3, -0.25) is 23.7 Å². The number of nitrogens with one attached hydrogen (secondary N) is 1. The third-order valence-electron chi connectivity index (χ3n) is 3.99. The van der Waals surface area contributed by atoms with Crippen LogP contribution in [0.2, 0.25) is 0 Å². The van der Waals surface area contributed by atoms with Gasteiger partial charge in [0.1, 0.15) is 5.49 Å². The van der Waals surface area contributed by atoms with E-state index in [1.807, 2.05) is 19.9 Å². The summed E-state index contributed by atoms with van der Waals surface area (Å²) in [6, 6.07) is 10.0. The molecule has 2 heterocycles. The zero-order valence-corrected chi connectivity index (χ0v) is 14.9. The second-order valence-corrected chi connectivity index (χ2v) is 6.20. The molecule has 0 bridgehead atoms. The summed E-state index contributed by atoms with van der Waals surface area (Å²) in [5.74, 6) is -0.285. The van der Waals surface area contributed by atoms with Gasteiger partial charge >= 0.3 is 5.69 Å². The summed E-state index contributed by atoms with van der Waals surface area (Å²) in [7, 11) is 0. The molecule has 7 nitrogen and oxygen atoms in total. The molecule has 0 radical (unpaired) electrons. The molecule has 0 aliphatic heterocycles.